The number of carbonyl (C=O) groups excluding carboxylic acids is 1. The summed E-state index contributed by atoms with van der Waals surface area (Å²) in [6.45, 7) is 8.81. The van der Waals surface area contributed by atoms with E-state index < -0.39 is 21.7 Å². The van der Waals surface area contributed by atoms with Crippen molar-refractivity contribution in [2.45, 2.75) is 32.6 Å². The molecule has 0 spiro atoms. The van der Waals surface area contributed by atoms with Crippen molar-refractivity contribution < 1.29 is 17.6 Å². The Morgan fingerprint density at radius 3 is 2.35 bits per heavy atom. The van der Waals surface area contributed by atoms with Crippen LogP contribution in [0.25, 0.3) is 10.2 Å². The molecule has 1 N–H and O–H groups in total. The summed E-state index contributed by atoms with van der Waals surface area (Å²) >= 11 is 1.15. The average Bonchev–Trinajstić information content (AvgIpc) is 3.08. The summed E-state index contributed by atoms with van der Waals surface area (Å²) in [6, 6.07) is 10.4. The first-order valence-corrected chi connectivity index (χ1v) is 12.3. The van der Waals surface area contributed by atoms with Crippen molar-refractivity contribution in [1.82, 2.24) is 9.29 Å². The molecule has 0 fully saturated rings. The molecule has 0 bridgehead atoms. The van der Waals surface area contributed by atoms with Crippen LogP contribution < -0.4 is 5.32 Å². The number of anilines is 1. The Labute approximate surface area is 186 Å². The average molecular weight is 464 g/mol. The van der Waals surface area contributed by atoms with Crippen LogP contribution in [0.5, 0.6) is 0 Å². The molecule has 0 aliphatic carbocycles. The van der Waals surface area contributed by atoms with Crippen molar-refractivity contribution in [1.29, 1.82) is 0 Å². The van der Waals surface area contributed by atoms with Gasteiger partial charge in [-0.15, -0.1) is 0 Å². The molecule has 0 aliphatic heterocycles. The van der Waals surface area contributed by atoms with E-state index in [0.717, 1.165) is 11.3 Å². The quantitative estimate of drug-likeness (QED) is 0.510. The fourth-order valence-corrected chi connectivity index (χ4v) is 5.93. The predicted octanol–water partition coefficient (Wildman–Crippen LogP) is 4.99. The Morgan fingerprint density at radius 2 is 1.74 bits per heavy atom. The third-order valence-corrected chi connectivity index (χ3v) is 7.24. The fourth-order valence-electron chi connectivity index (χ4n) is 3.16. The number of fused-ring (bicyclic) bond motifs is 1. The molecule has 31 heavy (non-hydrogen) atoms. The van der Waals surface area contributed by atoms with Crippen molar-refractivity contribution in [3.05, 3.63) is 53.8 Å². The van der Waals surface area contributed by atoms with Gasteiger partial charge in [-0.05, 0) is 42.2 Å². The summed E-state index contributed by atoms with van der Waals surface area (Å²) in [6.07, 6.45) is 0. The zero-order chi connectivity index (χ0) is 22.8. The molecule has 166 valence electrons. The van der Waals surface area contributed by atoms with Crippen LogP contribution in [0, 0.1) is 17.7 Å². The van der Waals surface area contributed by atoms with Gasteiger partial charge in [0, 0.05) is 13.1 Å². The third kappa shape index (κ3) is 5.47. The second kappa shape index (κ2) is 9.42. The Morgan fingerprint density at radius 1 is 1.10 bits per heavy atom. The minimum atomic E-state index is -3.67. The molecule has 1 heterocycles. The number of aromatic nitrogens is 1. The molecule has 1 aromatic heterocycles. The number of carbonyl (C=O) groups is 1. The van der Waals surface area contributed by atoms with Crippen molar-refractivity contribution in [2.24, 2.45) is 11.8 Å². The number of hydrogen-bond donors (Lipinski definition) is 1. The zero-order valence-corrected chi connectivity index (χ0v) is 19.6. The molecule has 0 unspecified atom stereocenters. The highest BCUT2D eigenvalue weighted by atomic mass is 32.2. The standard InChI is InChI=1S/C22H26FN3O3S2/c1-14(2)12-26(13-15(3)4)31(28,29)16-9-10-19-20(11-16)30-22(24-19)25-21(27)17-7-5-6-8-18(17)23/h5-11,14-15H,12-13H2,1-4H3,(H,24,25,27). The predicted molar refractivity (Wildman–Crippen MR) is 122 cm³/mol. The highest BCUT2D eigenvalue weighted by molar-refractivity contribution is 7.89. The largest absolute Gasteiger partial charge is 0.298 e. The highest BCUT2D eigenvalue weighted by Gasteiger charge is 2.26. The lowest BCUT2D eigenvalue weighted by atomic mass is 10.2. The summed E-state index contributed by atoms with van der Waals surface area (Å²) in [7, 11) is -3.67. The second-order valence-corrected chi connectivity index (χ2v) is 11.2. The monoisotopic (exact) mass is 463 g/mol. The van der Waals surface area contributed by atoms with E-state index in [1.54, 1.807) is 18.2 Å². The molecule has 9 heteroatoms. The van der Waals surface area contributed by atoms with Crippen molar-refractivity contribution in [3.8, 4) is 0 Å². The van der Waals surface area contributed by atoms with Gasteiger partial charge in [-0.25, -0.2) is 17.8 Å². The van der Waals surface area contributed by atoms with Gasteiger partial charge in [-0.1, -0.05) is 51.2 Å². The van der Waals surface area contributed by atoms with Crippen LogP contribution in [0.1, 0.15) is 38.1 Å². The van der Waals surface area contributed by atoms with Crippen LogP contribution >= 0.6 is 11.3 Å². The molecule has 6 nitrogen and oxygen atoms in total. The Hall–Kier alpha value is -2.36. The van der Waals surface area contributed by atoms with E-state index in [-0.39, 0.29) is 27.4 Å². The first kappa shape index (κ1) is 23.3. The highest BCUT2D eigenvalue weighted by Crippen LogP contribution is 2.30. The normalized spacial score (nSPS) is 12.3. The van der Waals surface area contributed by atoms with Gasteiger partial charge >= 0.3 is 0 Å². The van der Waals surface area contributed by atoms with Crippen molar-refractivity contribution >= 4 is 42.6 Å². The Balaban J connectivity index is 1.89. The molecule has 2 aromatic carbocycles. The van der Waals surface area contributed by atoms with Gasteiger partial charge < -0.3 is 0 Å². The van der Waals surface area contributed by atoms with Gasteiger partial charge in [0.2, 0.25) is 10.0 Å². The number of benzene rings is 2. The number of amides is 1. The first-order chi connectivity index (χ1) is 14.6. The third-order valence-electron chi connectivity index (χ3n) is 4.47. The molecule has 0 atom stereocenters. The summed E-state index contributed by atoms with van der Waals surface area (Å²) in [5.74, 6) is -0.836. The Bertz CT molecular complexity index is 1180. The van der Waals surface area contributed by atoms with Crippen LogP contribution in [-0.4, -0.2) is 36.7 Å². The molecular formula is C22H26FN3O3S2. The molecule has 0 aliphatic rings. The minimum Gasteiger partial charge on any atom is -0.298 e. The summed E-state index contributed by atoms with van der Waals surface area (Å²) in [5, 5.41) is 2.87. The fraction of sp³-hybridized carbons (Fsp3) is 0.364. The summed E-state index contributed by atoms with van der Waals surface area (Å²) < 4.78 is 42.5. The Kier molecular flexibility index (Phi) is 7.08. The molecule has 0 radical (unpaired) electrons. The molecule has 3 rings (SSSR count). The van der Waals surface area contributed by atoms with Gasteiger partial charge in [0.25, 0.3) is 5.91 Å². The van der Waals surface area contributed by atoms with Gasteiger partial charge in [0.1, 0.15) is 5.82 Å². The maximum absolute atomic E-state index is 13.8. The number of thiazole rings is 1. The van der Waals surface area contributed by atoms with E-state index in [0.29, 0.717) is 23.3 Å². The van der Waals surface area contributed by atoms with Crippen LogP contribution in [0.15, 0.2) is 47.4 Å². The number of halogens is 1. The van der Waals surface area contributed by atoms with Crippen LogP contribution in [0.3, 0.4) is 0 Å². The van der Waals surface area contributed by atoms with Gasteiger partial charge in [0.05, 0.1) is 20.7 Å². The second-order valence-electron chi connectivity index (χ2n) is 8.19. The lowest BCUT2D eigenvalue weighted by Crippen LogP contribution is -2.37. The zero-order valence-electron chi connectivity index (χ0n) is 17.9. The molecule has 0 saturated carbocycles. The molecular weight excluding hydrogens is 437 g/mol. The van der Waals surface area contributed by atoms with E-state index in [2.05, 4.69) is 10.3 Å². The molecule has 1 amide bonds. The van der Waals surface area contributed by atoms with Crippen molar-refractivity contribution in [2.75, 3.05) is 18.4 Å². The molecule has 0 saturated heterocycles. The van der Waals surface area contributed by atoms with E-state index >= 15 is 0 Å². The lowest BCUT2D eigenvalue weighted by molar-refractivity contribution is 0.102. The molecule has 3 aromatic rings. The number of nitrogens with one attached hydrogen (secondary N) is 1. The van der Waals surface area contributed by atoms with Crippen LogP contribution in [0.4, 0.5) is 9.52 Å². The summed E-state index contributed by atoms with van der Waals surface area (Å²) in [4.78, 5) is 16.9. The van der Waals surface area contributed by atoms with Crippen LogP contribution in [-0.2, 0) is 10.0 Å². The van der Waals surface area contributed by atoms with Crippen LogP contribution in [0.2, 0.25) is 0 Å². The van der Waals surface area contributed by atoms with Gasteiger partial charge in [-0.3, -0.25) is 10.1 Å². The van der Waals surface area contributed by atoms with E-state index in [4.69, 9.17) is 0 Å². The first-order valence-electron chi connectivity index (χ1n) is 10.0. The SMILES string of the molecule is CC(C)CN(CC(C)C)S(=O)(=O)c1ccc2nc(NC(=O)c3ccccc3F)sc2c1. The number of hydrogen-bond acceptors (Lipinski definition) is 5. The maximum atomic E-state index is 13.8. The summed E-state index contributed by atoms with van der Waals surface area (Å²) in [5.41, 5.74) is 0.482. The number of sulfonamides is 1. The van der Waals surface area contributed by atoms with Crippen molar-refractivity contribution in [3.63, 3.8) is 0 Å². The number of rotatable bonds is 8. The maximum Gasteiger partial charge on any atom is 0.260 e. The van der Waals surface area contributed by atoms with E-state index in [1.165, 1.54) is 28.6 Å². The topological polar surface area (TPSA) is 79.4 Å². The van der Waals surface area contributed by atoms with Gasteiger partial charge in [-0.2, -0.15) is 4.31 Å². The number of nitrogens with zero attached hydrogens (tertiary/aromatic N) is 2. The van der Waals surface area contributed by atoms with E-state index in [1.807, 2.05) is 27.7 Å². The van der Waals surface area contributed by atoms with Gasteiger partial charge in [0.15, 0.2) is 5.13 Å². The lowest BCUT2D eigenvalue weighted by Gasteiger charge is -2.25. The smallest absolute Gasteiger partial charge is 0.260 e. The van der Waals surface area contributed by atoms with E-state index in [9.17, 15) is 17.6 Å². The minimum absolute atomic E-state index is 0.0805.